The number of aromatic nitrogens is 2. The van der Waals surface area contributed by atoms with Crippen molar-refractivity contribution in [2.75, 3.05) is 30.3 Å². The van der Waals surface area contributed by atoms with E-state index in [2.05, 4.69) is 26.7 Å². The fraction of sp³-hybridized carbons (Fsp3) is 0.647. The zero-order valence-corrected chi connectivity index (χ0v) is 13.2. The van der Waals surface area contributed by atoms with Crippen molar-refractivity contribution >= 4 is 11.8 Å². The van der Waals surface area contributed by atoms with Crippen molar-refractivity contribution in [3.05, 3.63) is 23.9 Å². The lowest BCUT2D eigenvalue weighted by atomic mass is 9.97. The van der Waals surface area contributed by atoms with Gasteiger partial charge < -0.3 is 15.4 Å². The zero-order chi connectivity index (χ0) is 15.0. The van der Waals surface area contributed by atoms with E-state index in [1.165, 1.54) is 25.7 Å². The Morgan fingerprint density at radius 1 is 1.23 bits per heavy atom. The highest BCUT2D eigenvalue weighted by atomic mass is 16.5. The zero-order valence-electron chi connectivity index (χ0n) is 13.2. The average Bonchev–Trinajstić information content (AvgIpc) is 3.08. The Balaban J connectivity index is 1.42. The van der Waals surface area contributed by atoms with Gasteiger partial charge in [0.1, 0.15) is 5.82 Å². The number of anilines is 2. The summed E-state index contributed by atoms with van der Waals surface area (Å²) in [5, 5.41) is 6.67. The Kier molecular flexibility index (Phi) is 5.65. The van der Waals surface area contributed by atoms with Gasteiger partial charge in [-0.15, -0.1) is 0 Å². The number of nitrogens with zero attached hydrogens (tertiary/aromatic N) is 2. The molecule has 1 aliphatic heterocycles. The van der Waals surface area contributed by atoms with Crippen molar-refractivity contribution in [3.63, 3.8) is 0 Å². The van der Waals surface area contributed by atoms with Crippen LogP contribution in [0.25, 0.3) is 0 Å². The molecule has 1 aromatic heterocycles. The Hall–Kier alpha value is -1.62. The average molecular weight is 302 g/mol. The van der Waals surface area contributed by atoms with Gasteiger partial charge in [-0.1, -0.05) is 11.6 Å². The third kappa shape index (κ3) is 4.70. The SMILES string of the molecule is C1=C(CCNc2ccnc(NCC3CCCO3)n2)CCCC1. The Morgan fingerprint density at radius 3 is 3.05 bits per heavy atom. The molecule has 0 radical (unpaired) electrons. The van der Waals surface area contributed by atoms with Gasteiger partial charge >= 0.3 is 0 Å². The molecule has 1 saturated heterocycles. The molecule has 0 amide bonds. The van der Waals surface area contributed by atoms with Crippen LogP contribution >= 0.6 is 0 Å². The summed E-state index contributed by atoms with van der Waals surface area (Å²) in [6, 6.07) is 1.92. The lowest BCUT2D eigenvalue weighted by Gasteiger charge is -2.14. The minimum absolute atomic E-state index is 0.304. The van der Waals surface area contributed by atoms with Crippen LogP contribution in [-0.2, 0) is 4.74 Å². The molecule has 1 aromatic rings. The van der Waals surface area contributed by atoms with Gasteiger partial charge in [-0.25, -0.2) is 4.98 Å². The summed E-state index contributed by atoms with van der Waals surface area (Å²) < 4.78 is 5.60. The van der Waals surface area contributed by atoms with Crippen LogP contribution in [0.2, 0.25) is 0 Å². The molecule has 0 aromatic carbocycles. The first kappa shape index (κ1) is 15.3. The molecule has 3 rings (SSSR count). The van der Waals surface area contributed by atoms with Crippen molar-refractivity contribution in [1.82, 2.24) is 9.97 Å². The lowest BCUT2D eigenvalue weighted by molar-refractivity contribution is 0.120. The predicted molar refractivity (Wildman–Crippen MR) is 89.2 cm³/mol. The molecule has 1 fully saturated rings. The molecule has 0 spiro atoms. The molecule has 2 N–H and O–H groups in total. The van der Waals surface area contributed by atoms with E-state index in [1.807, 2.05) is 6.07 Å². The van der Waals surface area contributed by atoms with Crippen LogP contribution in [0.4, 0.5) is 11.8 Å². The first-order valence-corrected chi connectivity index (χ1v) is 8.50. The summed E-state index contributed by atoms with van der Waals surface area (Å²) in [6.45, 7) is 2.61. The number of allylic oxidation sites excluding steroid dienone is 1. The van der Waals surface area contributed by atoms with Crippen molar-refractivity contribution in [2.45, 2.75) is 51.0 Å². The van der Waals surface area contributed by atoms with Gasteiger partial charge in [0.05, 0.1) is 6.10 Å². The summed E-state index contributed by atoms with van der Waals surface area (Å²) in [7, 11) is 0. The van der Waals surface area contributed by atoms with Crippen LogP contribution in [0.1, 0.15) is 44.9 Å². The number of rotatable bonds is 7. The maximum atomic E-state index is 5.60. The molecule has 0 bridgehead atoms. The second kappa shape index (κ2) is 8.13. The van der Waals surface area contributed by atoms with Gasteiger partial charge in [0.15, 0.2) is 0 Å². The maximum Gasteiger partial charge on any atom is 0.224 e. The molecule has 0 saturated carbocycles. The molecule has 1 atom stereocenters. The van der Waals surface area contributed by atoms with Crippen molar-refractivity contribution in [2.24, 2.45) is 0 Å². The quantitative estimate of drug-likeness (QED) is 0.756. The van der Waals surface area contributed by atoms with E-state index in [9.17, 15) is 0 Å². The standard InChI is InChI=1S/C17H26N4O/c1-2-5-14(6-3-1)8-10-18-16-9-11-19-17(21-16)20-13-15-7-4-12-22-15/h5,9,11,15H,1-4,6-8,10,12-13H2,(H2,18,19,20,21). The third-order valence-electron chi connectivity index (χ3n) is 4.30. The second-order valence-corrected chi connectivity index (χ2v) is 6.07. The molecule has 1 unspecified atom stereocenters. The summed E-state index contributed by atoms with van der Waals surface area (Å²) >= 11 is 0. The van der Waals surface area contributed by atoms with Crippen molar-refractivity contribution < 1.29 is 4.74 Å². The number of hydrogen-bond acceptors (Lipinski definition) is 5. The summed E-state index contributed by atoms with van der Waals surface area (Å²) in [4.78, 5) is 8.78. The smallest absolute Gasteiger partial charge is 0.224 e. The molecule has 5 nitrogen and oxygen atoms in total. The highest BCUT2D eigenvalue weighted by Gasteiger charge is 2.15. The topological polar surface area (TPSA) is 59.1 Å². The minimum atomic E-state index is 0.304. The molecule has 1 aliphatic carbocycles. The van der Waals surface area contributed by atoms with E-state index in [0.29, 0.717) is 12.1 Å². The highest BCUT2D eigenvalue weighted by Crippen LogP contribution is 2.20. The van der Waals surface area contributed by atoms with E-state index < -0.39 is 0 Å². The van der Waals surface area contributed by atoms with E-state index in [1.54, 1.807) is 11.8 Å². The number of hydrogen-bond donors (Lipinski definition) is 2. The van der Waals surface area contributed by atoms with Crippen LogP contribution in [0, 0.1) is 0 Å². The van der Waals surface area contributed by atoms with Crippen LogP contribution in [0.5, 0.6) is 0 Å². The van der Waals surface area contributed by atoms with Gasteiger partial charge in [-0.05, 0) is 51.0 Å². The van der Waals surface area contributed by atoms with E-state index in [0.717, 1.165) is 44.8 Å². The second-order valence-electron chi connectivity index (χ2n) is 6.07. The van der Waals surface area contributed by atoms with Crippen LogP contribution in [-0.4, -0.2) is 35.8 Å². The van der Waals surface area contributed by atoms with Gasteiger partial charge in [0, 0.05) is 25.9 Å². The summed E-state index contributed by atoms with van der Waals surface area (Å²) in [6.07, 6.45) is 13.1. The normalized spacial score (nSPS) is 21.5. The molecular formula is C17H26N4O. The van der Waals surface area contributed by atoms with E-state index >= 15 is 0 Å². The molecule has 22 heavy (non-hydrogen) atoms. The molecular weight excluding hydrogens is 276 g/mol. The largest absolute Gasteiger partial charge is 0.376 e. The highest BCUT2D eigenvalue weighted by molar-refractivity contribution is 5.39. The van der Waals surface area contributed by atoms with Gasteiger partial charge in [0.25, 0.3) is 0 Å². The van der Waals surface area contributed by atoms with Crippen molar-refractivity contribution in [1.29, 1.82) is 0 Å². The molecule has 2 aliphatic rings. The lowest BCUT2D eigenvalue weighted by Crippen LogP contribution is -2.19. The Bertz CT molecular complexity index is 497. The molecule has 120 valence electrons. The minimum Gasteiger partial charge on any atom is -0.376 e. The van der Waals surface area contributed by atoms with Gasteiger partial charge in [0.2, 0.25) is 5.95 Å². The monoisotopic (exact) mass is 302 g/mol. The molecule has 5 heteroatoms. The van der Waals surface area contributed by atoms with Crippen LogP contribution < -0.4 is 10.6 Å². The fourth-order valence-electron chi connectivity index (χ4n) is 3.04. The first-order valence-electron chi connectivity index (χ1n) is 8.50. The van der Waals surface area contributed by atoms with Gasteiger partial charge in [-0.3, -0.25) is 0 Å². The van der Waals surface area contributed by atoms with Crippen molar-refractivity contribution in [3.8, 4) is 0 Å². The first-order chi connectivity index (χ1) is 10.9. The van der Waals surface area contributed by atoms with E-state index in [-0.39, 0.29) is 0 Å². The maximum absolute atomic E-state index is 5.60. The number of nitrogens with one attached hydrogen (secondary N) is 2. The van der Waals surface area contributed by atoms with E-state index in [4.69, 9.17) is 4.74 Å². The third-order valence-corrected chi connectivity index (χ3v) is 4.30. The Morgan fingerprint density at radius 2 is 2.23 bits per heavy atom. The number of ether oxygens (including phenoxy) is 1. The predicted octanol–water partition coefficient (Wildman–Crippen LogP) is 3.37. The summed E-state index contributed by atoms with van der Waals surface area (Å²) in [5.74, 6) is 1.57. The fourth-order valence-corrected chi connectivity index (χ4v) is 3.04. The van der Waals surface area contributed by atoms with Crippen LogP contribution in [0.15, 0.2) is 23.9 Å². The summed E-state index contributed by atoms with van der Waals surface area (Å²) in [5.41, 5.74) is 1.59. The van der Waals surface area contributed by atoms with Crippen LogP contribution in [0.3, 0.4) is 0 Å². The molecule has 2 heterocycles. The Labute approximate surface area is 132 Å². The van der Waals surface area contributed by atoms with Gasteiger partial charge in [-0.2, -0.15) is 4.98 Å².